The largest absolute Gasteiger partial charge is 0.365 e. The van der Waals surface area contributed by atoms with Gasteiger partial charge >= 0.3 is 0 Å². The number of halogens is 2. The molecule has 0 amide bonds. The number of nitrogens with zero attached hydrogens (tertiary/aromatic N) is 2. The van der Waals surface area contributed by atoms with Gasteiger partial charge in [-0.15, -0.1) is 0 Å². The monoisotopic (exact) mass is 255 g/mol. The second-order valence-corrected chi connectivity index (χ2v) is 4.17. The van der Waals surface area contributed by atoms with E-state index in [4.69, 9.17) is 16.9 Å². The summed E-state index contributed by atoms with van der Waals surface area (Å²) < 4.78 is 13.6. The van der Waals surface area contributed by atoms with Crippen LogP contribution in [0.15, 0.2) is 6.07 Å². The second-order valence-electron chi connectivity index (χ2n) is 3.81. The Kier molecular flexibility index (Phi) is 5.17. The normalized spacial score (nSPS) is 11.9. The molecule has 1 aromatic rings. The Morgan fingerprint density at radius 3 is 2.82 bits per heavy atom. The van der Waals surface area contributed by atoms with Crippen molar-refractivity contribution >= 4 is 17.4 Å². The van der Waals surface area contributed by atoms with Gasteiger partial charge in [-0.1, -0.05) is 31.9 Å². The van der Waals surface area contributed by atoms with Crippen LogP contribution in [-0.4, -0.2) is 11.0 Å². The first-order valence-corrected chi connectivity index (χ1v) is 6.02. The highest BCUT2D eigenvalue weighted by Crippen LogP contribution is 2.21. The molecule has 0 saturated carbocycles. The Morgan fingerprint density at radius 1 is 1.59 bits per heavy atom. The smallest absolute Gasteiger partial charge is 0.166 e. The molecule has 0 saturated heterocycles. The van der Waals surface area contributed by atoms with Crippen LogP contribution in [0.25, 0.3) is 0 Å². The maximum Gasteiger partial charge on any atom is 0.166 e. The fourth-order valence-electron chi connectivity index (χ4n) is 1.57. The van der Waals surface area contributed by atoms with E-state index >= 15 is 0 Å². The maximum atomic E-state index is 13.6. The van der Waals surface area contributed by atoms with E-state index in [0.717, 1.165) is 25.3 Å². The van der Waals surface area contributed by atoms with Crippen molar-refractivity contribution in [3.8, 4) is 6.07 Å². The number of hydrogen-bond donors (Lipinski definition) is 1. The molecule has 0 spiro atoms. The topological polar surface area (TPSA) is 48.7 Å². The van der Waals surface area contributed by atoms with Gasteiger partial charge < -0.3 is 5.32 Å². The zero-order valence-corrected chi connectivity index (χ0v) is 10.7. The molecule has 1 N–H and O–H groups in total. The molecule has 3 nitrogen and oxygen atoms in total. The van der Waals surface area contributed by atoms with Crippen molar-refractivity contribution in [1.29, 1.82) is 5.26 Å². The lowest BCUT2D eigenvalue weighted by atomic mass is 10.1. The molecule has 1 rings (SSSR count). The molecule has 0 aliphatic heterocycles. The van der Waals surface area contributed by atoms with Crippen molar-refractivity contribution in [2.45, 2.75) is 39.2 Å². The Balaban J connectivity index is 2.92. The van der Waals surface area contributed by atoms with E-state index in [1.807, 2.05) is 6.92 Å². The van der Waals surface area contributed by atoms with Gasteiger partial charge in [0.15, 0.2) is 11.6 Å². The van der Waals surface area contributed by atoms with Crippen LogP contribution in [0.2, 0.25) is 5.15 Å². The van der Waals surface area contributed by atoms with Gasteiger partial charge in [-0.2, -0.15) is 5.26 Å². The fourth-order valence-corrected chi connectivity index (χ4v) is 1.75. The van der Waals surface area contributed by atoms with Crippen LogP contribution >= 0.6 is 11.6 Å². The molecule has 0 radical (unpaired) electrons. The summed E-state index contributed by atoms with van der Waals surface area (Å²) in [6.45, 7) is 4.09. The van der Waals surface area contributed by atoms with Gasteiger partial charge in [-0.3, -0.25) is 0 Å². The van der Waals surface area contributed by atoms with Crippen molar-refractivity contribution < 1.29 is 4.39 Å². The van der Waals surface area contributed by atoms with Crippen molar-refractivity contribution in [3.05, 3.63) is 22.6 Å². The predicted molar refractivity (Wildman–Crippen MR) is 66.5 cm³/mol. The van der Waals surface area contributed by atoms with Gasteiger partial charge in [0.25, 0.3) is 0 Å². The summed E-state index contributed by atoms with van der Waals surface area (Å²) in [6, 6.07) is 3.07. The number of anilines is 1. The molecular formula is C12H15ClFN3. The average Bonchev–Trinajstić information content (AvgIpc) is 2.32. The van der Waals surface area contributed by atoms with Gasteiger partial charge in [0.05, 0.1) is 5.56 Å². The number of hydrogen-bond acceptors (Lipinski definition) is 3. The van der Waals surface area contributed by atoms with E-state index in [1.54, 1.807) is 6.07 Å². The van der Waals surface area contributed by atoms with E-state index in [9.17, 15) is 4.39 Å². The van der Waals surface area contributed by atoms with E-state index < -0.39 is 5.82 Å². The molecule has 0 aliphatic rings. The van der Waals surface area contributed by atoms with E-state index in [-0.39, 0.29) is 22.6 Å². The summed E-state index contributed by atoms with van der Waals surface area (Å²) in [7, 11) is 0. The minimum absolute atomic E-state index is 0.0303. The van der Waals surface area contributed by atoms with Crippen molar-refractivity contribution in [2.24, 2.45) is 0 Å². The van der Waals surface area contributed by atoms with Crippen LogP contribution in [0.5, 0.6) is 0 Å². The number of nitrogens with one attached hydrogen (secondary N) is 1. The molecule has 5 heteroatoms. The SMILES string of the molecule is CCC[C@H](CC)Nc1nc(Cl)c(C#N)cc1F. The standard InChI is InChI=1S/C12H15ClFN3/c1-3-5-9(4-2)16-12-10(14)6-8(7-15)11(13)17-12/h6,9H,3-5H2,1-2H3,(H,16,17)/t9-/m0/s1. The van der Waals surface area contributed by atoms with Gasteiger partial charge in [0.2, 0.25) is 0 Å². The van der Waals surface area contributed by atoms with Crippen LogP contribution in [0.3, 0.4) is 0 Å². The highest BCUT2D eigenvalue weighted by atomic mass is 35.5. The zero-order chi connectivity index (χ0) is 12.8. The molecule has 0 unspecified atom stereocenters. The molecule has 1 heterocycles. The molecule has 1 atom stereocenters. The summed E-state index contributed by atoms with van der Waals surface area (Å²) in [6.07, 6.45) is 2.83. The van der Waals surface area contributed by atoms with Crippen LogP contribution in [0, 0.1) is 17.1 Å². The molecule has 17 heavy (non-hydrogen) atoms. The number of aromatic nitrogens is 1. The first-order valence-electron chi connectivity index (χ1n) is 5.65. The van der Waals surface area contributed by atoms with Crippen molar-refractivity contribution in [1.82, 2.24) is 4.98 Å². The number of rotatable bonds is 5. The third-order valence-electron chi connectivity index (χ3n) is 2.52. The van der Waals surface area contributed by atoms with Crippen LogP contribution in [0.4, 0.5) is 10.2 Å². The Labute approximate surface area is 106 Å². The Morgan fingerprint density at radius 2 is 2.29 bits per heavy atom. The Hall–Kier alpha value is -1.34. The molecule has 1 aromatic heterocycles. The van der Waals surface area contributed by atoms with E-state index in [1.165, 1.54) is 0 Å². The fraction of sp³-hybridized carbons (Fsp3) is 0.500. The van der Waals surface area contributed by atoms with E-state index in [2.05, 4.69) is 17.2 Å². The maximum absolute atomic E-state index is 13.6. The average molecular weight is 256 g/mol. The van der Waals surface area contributed by atoms with E-state index in [0.29, 0.717) is 0 Å². The van der Waals surface area contributed by atoms with Gasteiger partial charge in [-0.25, -0.2) is 9.37 Å². The highest BCUT2D eigenvalue weighted by molar-refractivity contribution is 6.30. The second kappa shape index (κ2) is 6.41. The van der Waals surface area contributed by atoms with Gasteiger partial charge in [0.1, 0.15) is 11.2 Å². The summed E-state index contributed by atoms with van der Waals surface area (Å²) in [5.74, 6) is -0.421. The summed E-state index contributed by atoms with van der Waals surface area (Å²) >= 11 is 5.76. The van der Waals surface area contributed by atoms with Crippen LogP contribution in [-0.2, 0) is 0 Å². The summed E-state index contributed by atoms with van der Waals surface area (Å²) in [4.78, 5) is 3.87. The third-order valence-corrected chi connectivity index (χ3v) is 2.81. The summed E-state index contributed by atoms with van der Waals surface area (Å²) in [5, 5.41) is 11.7. The first-order chi connectivity index (χ1) is 8.12. The van der Waals surface area contributed by atoms with Crippen LogP contribution in [0.1, 0.15) is 38.7 Å². The quantitative estimate of drug-likeness (QED) is 0.816. The third kappa shape index (κ3) is 3.57. The molecule has 0 aliphatic carbocycles. The molecular weight excluding hydrogens is 241 g/mol. The van der Waals surface area contributed by atoms with Crippen molar-refractivity contribution in [2.75, 3.05) is 5.32 Å². The zero-order valence-electron chi connectivity index (χ0n) is 9.93. The van der Waals surface area contributed by atoms with Crippen molar-refractivity contribution in [3.63, 3.8) is 0 Å². The molecule has 0 aromatic carbocycles. The summed E-state index contributed by atoms with van der Waals surface area (Å²) in [5.41, 5.74) is 0.0539. The lowest BCUT2D eigenvalue weighted by molar-refractivity contribution is 0.592. The predicted octanol–water partition coefficient (Wildman–Crippen LogP) is 3.74. The molecule has 0 bridgehead atoms. The van der Waals surface area contributed by atoms with Gasteiger partial charge in [-0.05, 0) is 18.9 Å². The first kappa shape index (κ1) is 13.7. The number of nitriles is 1. The Bertz CT molecular complexity index is 428. The minimum atomic E-state index is -0.541. The minimum Gasteiger partial charge on any atom is -0.365 e. The lowest BCUT2D eigenvalue weighted by Crippen LogP contribution is -2.19. The molecule has 0 fully saturated rings. The number of pyridine rings is 1. The molecule has 92 valence electrons. The van der Waals surface area contributed by atoms with Crippen LogP contribution < -0.4 is 5.32 Å². The lowest BCUT2D eigenvalue weighted by Gasteiger charge is -2.17. The highest BCUT2D eigenvalue weighted by Gasteiger charge is 2.13. The van der Waals surface area contributed by atoms with Gasteiger partial charge in [0, 0.05) is 6.04 Å².